The first-order valence-corrected chi connectivity index (χ1v) is 8.82. The Morgan fingerprint density at radius 1 is 1.33 bits per heavy atom. The summed E-state index contributed by atoms with van der Waals surface area (Å²) in [5, 5.41) is 5.81. The van der Waals surface area contributed by atoms with Gasteiger partial charge < -0.3 is 5.32 Å². The van der Waals surface area contributed by atoms with E-state index < -0.39 is 0 Å². The maximum absolute atomic E-state index is 12.2. The Morgan fingerprint density at radius 3 is 2.95 bits per heavy atom. The molecule has 1 aromatic heterocycles. The van der Waals surface area contributed by atoms with E-state index in [9.17, 15) is 4.79 Å². The highest BCUT2D eigenvalue weighted by Gasteiger charge is 2.20. The van der Waals surface area contributed by atoms with Gasteiger partial charge in [-0.1, -0.05) is 18.6 Å². The van der Waals surface area contributed by atoms with Crippen molar-refractivity contribution in [1.82, 2.24) is 9.88 Å². The van der Waals surface area contributed by atoms with E-state index in [0.717, 1.165) is 36.6 Å². The van der Waals surface area contributed by atoms with Gasteiger partial charge >= 0.3 is 0 Å². The smallest absolute Gasteiger partial charge is 0.229 e. The lowest BCUT2D eigenvalue weighted by Crippen LogP contribution is -2.29. The molecule has 1 aliphatic carbocycles. The third-order valence-corrected chi connectivity index (χ3v) is 5.06. The number of nitrogens with one attached hydrogen (secondary N) is 1. The van der Waals surface area contributed by atoms with E-state index in [-0.39, 0.29) is 11.8 Å². The number of carbonyl (C=O) groups is 1. The van der Waals surface area contributed by atoms with Crippen molar-refractivity contribution in [3.8, 4) is 0 Å². The molecule has 0 spiro atoms. The summed E-state index contributed by atoms with van der Waals surface area (Å²) >= 11 is 1.54. The van der Waals surface area contributed by atoms with Gasteiger partial charge in [0.05, 0.1) is 5.69 Å². The summed E-state index contributed by atoms with van der Waals surface area (Å²) in [5.74, 6) is 0.239. The zero-order valence-corrected chi connectivity index (χ0v) is 13.2. The monoisotopic (exact) mass is 305 g/mol. The van der Waals surface area contributed by atoms with Gasteiger partial charge in [-0.3, -0.25) is 9.69 Å². The van der Waals surface area contributed by atoms with Crippen molar-refractivity contribution in [1.29, 1.82) is 0 Å². The van der Waals surface area contributed by atoms with Crippen LogP contribution in [-0.4, -0.2) is 28.9 Å². The van der Waals surface area contributed by atoms with Gasteiger partial charge in [0.15, 0.2) is 5.13 Å². The standard InChI is InChI=1S/C16H23N3OS/c20-15(13-7-3-1-4-8-13)18-16-17-14(12-21-16)11-19-9-5-2-6-10-19/h1,3,12-13H,2,4-11H2,(H,17,18,20)/t13-/m0/s1. The van der Waals surface area contributed by atoms with Gasteiger partial charge in [0.1, 0.15) is 0 Å². The largest absolute Gasteiger partial charge is 0.302 e. The Morgan fingerprint density at radius 2 is 2.19 bits per heavy atom. The molecule has 21 heavy (non-hydrogen) atoms. The second-order valence-electron chi connectivity index (χ2n) is 5.95. The number of piperidine rings is 1. The summed E-state index contributed by atoms with van der Waals surface area (Å²) in [5.41, 5.74) is 1.08. The van der Waals surface area contributed by atoms with Crippen LogP contribution in [0, 0.1) is 5.92 Å². The summed E-state index contributed by atoms with van der Waals surface area (Å²) in [6.07, 6.45) is 11.0. The molecule has 1 amide bonds. The maximum atomic E-state index is 12.2. The predicted octanol–water partition coefficient (Wildman–Crippen LogP) is 3.42. The first-order valence-electron chi connectivity index (χ1n) is 7.94. The number of anilines is 1. The van der Waals surface area contributed by atoms with E-state index in [1.807, 2.05) is 0 Å². The molecule has 4 nitrogen and oxygen atoms in total. The Balaban J connectivity index is 1.52. The molecular weight excluding hydrogens is 282 g/mol. The highest BCUT2D eigenvalue weighted by Crippen LogP contribution is 2.23. The molecule has 5 heteroatoms. The molecule has 114 valence electrons. The molecule has 0 aromatic carbocycles. The van der Waals surface area contributed by atoms with Crippen LogP contribution in [0.5, 0.6) is 0 Å². The van der Waals surface area contributed by atoms with Crippen molar-refractivity contribution in [2.45, 2.75) is 45.1 Å². The lowest BCUT2D eigenvalue weighted by Gasteiger charge is -2.25. The first kappa shape index (κ1) is 14.7. The lowest BCUT2D eigenvalue weighted by atomic mass is 9.94. The van der Waals surface area contributed by atoms with Crippen LogP contribution in [0.3, 0.4) is 0 Å². The molecule has 0 unspecified atom stereocenters. The van der Waals surface area contributed by atoms with Gasteiger partial charge in [0, 0.05) is 17.8 Å². The van der Waals surface area contributed by atoms with E-state index in [2.05, 4.69) is 32.7 Å². The maximum Gasteiger partial charge on any atom is 0.229 e. The molecule has 1 fully saturated rings. The number of allylic oxidation sites excluding steroid dienone is 2. The SMILES string of the molecule is O=C(Nc1nc(CN2CCCCC2)cs1)[C@H]1CC=CCC1. The number of likely N-dealkylation sites (tertiary alicyclic amines) is 1. The van der Waals surface area contributed by atoms with Gasteiger partial charge in [-0.15, -0.1) is 11.3 Å². The topological polar surface area (TPSA) is 45.2 Å². The van der Waals surface area contributed by atoms with Crippen LogP contribution in [0.15, 0.2) is 17.5 Å². The molecule has 3 rings (SSSR count). The molecule has 0 bridgehead atoms. The summed E-state index contributed by atoms with van der Waals surface area (Å²) in [4.78, 5) is 19.2. The Labute approximate surface area is 130 Å². The molecule has 2 heterocycles. The van der Waals surface area contributed by atoms with Gasteiger partial charge in [-0.25, -0.2) is 4.98 Å². The van der Waals surface area contributed by atoms with E-state index in [1.54, 1.807) is 11.3 Å². The van der Waals surface area contributed by atoms with Crippen LogP contribution in [0.2, 0.25) is 0 Å². The van der Waals surface area contributed by atoms with Crippen LogP contribution in [0.4, 0.5) is 5.13 Å². The number of aromatic nitrogens is 1. The second kappa shape index (κ2) is 7.18. The van der Waals surface area contributed by atoms with Gasteiger partial charge in [-0.2, -0.15) is 0 Å². The Kier molecular flexibility index (Phi) is 5.04. The van der Waals surface area contributed by atoms with Gasteiger partial charge in [0.2, 0.25) is 5.91 Å². The number of carbonyl (C=O) groups excluding carboxylic acids is 1. The molecule has 0 saturated carbocycles. The number of hydrogen-bond acceptors (Lipinski definition) is 4. The Hall–Kier alpha value is -1.20. The molecule has 1 N–H and O–H groups in total. The van der Waals surface area contributed by atoms with Crippen LogP contribution in [0.25, 0.3) is 0 Å². The van der Waals surface area contributed by atoms with E-state index in [4.69, 9.17) is 0 Å². The second-order valence-corrected chi connectivity index (χ2v) is 6.81. The minimum absolute atomic E-state index is 0.115. The van der Waals surface area contributed by atoms with Crippen molar-refractivity contribution in [2.75, 3.05) is 18.4 Å². The van der Waals surface area contributed by atoms with E-state index >= 15 is 0 Å². The fourth-order valence-corrected chi connectivity index (χ4v) is 3.73. The number of amides is 1. The summed E-state index contributed by atoms with van der Waals surface area (Å²) < 4.78 is 0. The van der Waals surface area contributed by atoms with Crippen molar-refractivity contribution in [3.05, 3.63) is 23.2 Å². The molecule has 1 aliphatic heterocycles. The van der Waals surface area contributed by atoms with Crippen molar-refractivity contribution < 1.29 is 4.79 Å². The predicted molar refractivity (Wildman–Crippen MR) is 86.4 cm³/mol. The summed E-state index contributed by atoms with van der Waals surface area (Å²) in [7, 11) is 0. The molecule has 1 saturated heterocycles. The number of rotatable bonds is 4. The normalized spacial score (nSPS) is 23.1. The third kappa shape index (κ3) is 4.14. The average Bonchev–Trinajstić information content (AvgIpc) is 2.96. The van der Waals surface area contributed by atoms with Gasteiger partial charge in [0.25, 0.3) is 0 Å². The van der Waals surface area contributed by atoms with Gasteiger partial charge in [-0.05, 0) is 45.2 Å². The average molecular weight is 305 g/mol. The third-order valence-electron chi connectivity index (χ3n) is 4.26. The minimum Gasteiger partial charge on any atom is -0.302 e. The van der Waals surface area contributed by atoms with Crippen molar-refractivity contribution >= 4 is 22.4 Å². The van der Waals surface area contributed by atoms with Crippen molar-refractivity contribution in [2.24, 2.45) is 5.92 Å². The number of nitrogens with zero attached hydrogens (tertiary/aromatic N) is 2. The summed E-state index contributed by atoms with van der Waals surface area (Å²) in [6, 6.07) is 0. The molecular formula is C16H23N3OS. The van der Waals surface area contributed by atoms with Crippen LogP contribution in [0.1, 0.15) is 44.2 Å². The highest BCUT2D eigenvalue weighted by atomic mass is 32.1. The van der Waals surface area contributed by atoms with Crippen molar-refractivity contribution in [3.63, 3.8) is 0 Å². The van der Waals surface area contributed by atoms with Crippen LogP contribution in [-0.2, 0) is 11.3 Å². The minimum atomic E-state index is 0.115. The number of thiazole rings is 1. The molecule has 1 aromatic rings. The summed E-state index contributed by atoms with van der Waals surface area (Å²) in [6.45, 7) is 3.26. The fraction of sp³-hybridized carbons (Fsp3) is 0.625. The molecule has 0 radical (unpaired) electrons. The fourth-order valence-electron chi connectivity index (χ4n) is 3.02. The van der Waals surface area contributed by atoms with Crippen LogP contribution < -0.4 is 5.32 Å². The quantitative estimate of drug-likeness (QED) is 0.867. The number of hydrogen-bond donors (Lipinski definition) is 1. The van der Waals surface area contributed by atoms with E-state index in [0.29, 0.717) is 0 Å². The molecule has 1 atom stereocenters. The zero-order valence-electron chi connectivity index (χ0n) is 12.4. The van der Waals surface area contributed by atoms with Crippen LogP contribution >= 0.6 is 11.3 Å². The lowest BCUT2D eigenvalue weighted by molar-refractivity contribution is -0.120. The first-order chi connectivity index (χ1) is 10.3. The Bertz CT molecular complexity index is 505. The highest BCUT2D eigenvalue weighted by molar-refractivity contribution is 7.13. The van der Waals surface area contributed by atoms with E-state index in [1.165, 1.54) is 32.4 Å². The molecule has 2 aliphatic rings. The zero-order chi connectivity index (χ0) is 14.5.